The van der Waals surface area contributed by atoms with Crippen molar-refractivity contribution >= 4 is 27.0 Å². The van der Waals surface area contributed by atoms with Crippen LogP contribution in [0.4, 0.5) is 5.95 Å². The first-order valence-corrected chi connectivity index (χ1v) is 11.8. The van der Waals surface area contributed by atoms with Crippen LogP contribution in [0.2, 0.25) is 0 Å². The van der Waals surface area contributed by atoms with Gasteiger partial charge in [0.05, 0.1) is 17.9 Å². The molecule has 0 amide bonds. The molecule has 0 bridgehead atoms. The number of sulfonamides is 1. The second kappa shape index (κ2) is 7.33. The molecule has 1 aliphatic carbocycles. The van der Waals surface area contributed by atoms with Crippen molar-refractivity contribution in [2.75, 3.05) is 24.7 Å². The maximum Gasteiger partial charge on any atom is 0.252 e. The summed E-state index contributed by atoms with van der Waals surface area (Å²) in [6.07, 6.45) is 6.45. The van der Waals surface area contributed by atoms with Gasteiger partial charge in [0.15, 0.2) is 0 Å². The van der Waals surface area contributed by atoms with Crippen molar-refractivity contribution in [3.8, 4) is 0 Å². The molecule has 1 saturated carbocycles. The summed E-state index contributed by atoms with van der Waals surface area (Å²) in [5.41, 5.74) is -0.624. The molecule has 0 aromatic carbocycles. The van der Waals surface area contributed by atoms with E-state index in [1.807, 2.05) is 0 Å². The van der Waals surface area contributed by atoms with Crippen molar-refractivity contribution in [3.05, 3.63) is 28.7 Å². The summed E-state index contributed by atoms with van der Waals surface area (Å²) in [5, 5.41) is 14.8. The standard InChI is InChI=1S/C19H27N5O4S/c1-19(26)9-3-4-15(19)24-16(25)6-5-13-12-20-18(22-17(13)24)21-14-7-10-23(11-8-14)29(2,27)28/h5-6,12,14-15,26H,3-4,7-11H2,1-2H3,(H,20,21,22)/t15-,19-/m0/s1. The van der Waals surface area contributed by atoms with Crippen LogP contribution in [0.15, 0.2) is 23.1 Å². The number of nitrogens with one attached hydrogen (secondary N) is 1. The van der Waals surface area contributed by atoms with Crippen LogP contribution >= 0.6 is 0 Å². The van der Waals surface area contributed by atoms with Crippen LogP contribution in [-0.4, -0.2) is 63.4 Å². The second-order valence-corrected chi connectivity index (χ2v) is 10.3. The fourth-order valence-corrected chi connectivity index (χ4v) is 5.34. The van der Waals surface area contributed by atoms with Crippen molar-refractivity contribution in [2.24, 2.45) is 0 Å². The van der Waals surface area contributed by atoms with Gasteiger partial charge in [-0.3, -0.25) is 9.36 Å². The highest BCUT2D eigenvalue weighted by Crippen LogP contribution is 2.39. The number of piperidine rings is 1. The van der Waals surface area contributed by atoms with E-state index in [4.69, 9.17) is 0 Å². The predicted molar refractivity (Wildman–Crippen MR) is 110 cm³/mol. The Labute approximate surface area is 169 Å². The zero-order valence-corrected chi connectivity index (χ0v) is 17.5. The Morgan fingerprint density at radius 1 is 1.24 bits per heavy atom. The molecule has 1 aliphatic heterocycles. The minimum atomic E-state index is -3.17. The van der Waals surface area contributed by atoms with Gasteiger partial charge in [0, 0.05) is 36.8 Å². The monoisotopic (exact) mass is 421 g/mol. The quantitative estimate of drug-likeness (QED) is 0.759. The Kier molecular flexibility index (Phi) is 5.12. The molecular weight excluding hydrogens is 394 g/mol. The molecule has 158 valence electrons. The molecule has 4 rings (SSSR count). The molecule has 3 heterocycles. The van der Waals surface area contributed by atoms with E-state index in [-0.39, 0.29) is 17.6 Å². The molecule has 2 aliphatic rings. The molecule has 0 spiro atoms. The lowest BCUT2D eigenvalue weighted by Gasteiger charge is -2.31. The van der Waals surface area contributed by atoms with Crippen LogP contribution in [0.5, 0.6) is 0 Å². The summed E-state index contributed by atoms with van der Waals surface area (Å²) in [7, 11) is -3.17. The fraction of sp³-hybridized carbons (Fsp3) is 0.632. The molecule has 2 aromatic rings. The number of anilines is 1. The molecule has 29 heavy (non-hydrogen) atoms. The highest BCUT2D eigenvalue weighted by molar-refractivity contribution is 7.88. The van der Waals surface area contributed by atoms with Gasteiger partial charge in [-0.2, -0.15) is 4.98 Å². The molecule has 0 radical (unpaired) electrons. The van der Waals surface area contributed by atoms with E-state index in [1.54, 1.807) is 23.8 Å². The van der Waals surface area contributed by atoms with E-state index in [1.165, 1.54) is 16.6 Å². The van der Waals surface area contributed by atoms with Crippen LogP contribution < -0.4 is 10.9 Å². The lowest BCUT2D eigenvalue weighted by atomic mass is 10.00. The first-order chi connectivity index (χ1) is 13.6. The number of pyridine rings is 1. The first kappa shape index (κ1) is 20.2. The number of hydrogen-bond acceptors (Lipinski definition) is 7. The third kappa shape index (κ3) is 4.01. The van der Waals surface area contributed by atoms with Gasteiger partial charge in [-0.05, 0) is 45.1 Å². The SMILES string of the molecule is C[C@]1(O)CCC[C@@H]1n1c(=O)ccc2cnc(NC3CCN(S(C)(=O)=O)CC3)nc21. The molecule has 2 aromatic heterocycles. The molecule has 2 N–H and O–H groups in total. The number of hydrogen-bond donors (Lipinski definition) is 2. The lowest BCUT2D eigenvalue weighted by Crippen LogP contribution is -2.42. The zero-order valence-electron chi connectivity index (χ0n) is 16.7. The van der Waals surface area contributed by atoms with Gasteiger partial charge in [0.2, 0.25) is 16.0 Å². The number of rotatable bonds is 4. The highest BCUT2D eigenvalue weighted by atomic mass is 32.2. The van der Waals surface area contributed by atoms with Gasteiger partial charge in [0.1, 0.15) is 5.65 Å². The topological polar surface area (TPSA) is 117 Å². The molecule has 2 atom stereocenters. The average Bonchev–Trinajstić information content (AvgIpc) is 3.00. The van der Waals surface area contributed by atoms with E-state index in [0.717, 1.165) is 18.2 Å². The lowest BCUT2D eigenvalue weighted by molar-refractivity contribution is 0.0267. The summed E-state index contributed by atoms with van der Waals surface area (Å²) >= 11 is 0. The summed E-state index contributed by atoms with van der Waals surface area (Å²) in [5.74, 6) is 0.410. The molecule has 1 saturated heterocycles. The van der Waals surface area contributed by atoms with Crippen molar-refractivity contribution < 1.29 is 13.5 Å². The third-order valence-electron chi connectivity index (χ3n) is 6.11. The Morgan fingerprint density at radius 3 is 2.59 bits per heavy atom. The smallest absolute Gasteiger partial charge is 0.252 e. The van der Waals surface area contributed by atoms with E-state index < -0.39 is 15.6 Å². The Balaban J connectivity index is 1.61. The molecule has 10 heteroatoms. The maximum atomic E-state index is 12.6. The summed E-state index contributed by atoms with van der Waals surface area (Å²) in [6.45, 7) is 2.69. The predicted octanol–water partition coefficient (Wildman–Crippen LogP) is 1.10. The van der Waals surface area contributed by atoms with Crippen molar-refractivity contribution in [2.45, 2.75) is 56.7 Å². The first-order valence-electron chi connectivity index (χ1n) is 9.97. The van der Waals surface area contributed by atoms with Gasteiger partial charge in [-0.25, -0.2) is 17.7 Å². The number of nitrogens with zero attached hydrogens (tertiary/aromatic N) is 4. The van der Waals surface area contributed by atoms with E-state index in [2.05, 4.69) is 15.3 Å². The molecule has 0 unspecified atom stereocenters. The van der Waals surface area contributed by atoms with E-state index in [0.29, 0.717) is 43.9 Å². The van der Waals surface area contributed by atoms with Crippen LogP contribution in [0.3, 0.4) is 0 Å². The summed E-state index contributed by atoms with van der Waals surface area (Å²) in [4.78, 5) is 21.6. The third-order valence-corrected chi connectivity index (χ3v) is 7.42. The molecular formula is C19H27N5O4S. The molecule has 2 fully saturated rings. The van der Waals surface area contributed by atoms with E-state index >= 15 is 0 Å². The van der Waals surface area contributed by atoms with Crippen molar-refractivity contribution in [1.82, 2.24) is 18.8 Å². The zero-order chi connectivity index (χ0) is 20.8. The average molecular weight is 422 g/mol. The van der Waals surface area contributed by atoms with Crippen LogP contribution in [-0.2, 0) is 10.0 Å². The van der Waals surface area contributed by atoms with Crippen LogP contribution in [0, 0.1) is 0 Å². The van der Waals surface area contributed by atoms with Gasteiger partial charge in [0.25, 0.3) is 5.56 Å². The highest BCUT2D eigenvalue weighted by Gasteiger charge is 2.39. The number of aliphatic hydroxyl groups is 1. The van der Waals surface area contributed by atoms with Gasteiger partial charge in [-0.15, -0.1) is 0 Å². The van der Waals surface area contributed by atoms with E-state index in [9.17, 15) is 18.3 Å². The Morgan fingerprint density at radius 2 is 1.97 bits per heavy atom. The number of fused-ring (bicyclic) bond motifs is 1. The van der Waals surface area contributed by atoms with Crippen molar-refractivity contribution in [1.29, 1.82) is 0 Å². The molecule has 9 nitrogen and oxygen atoms in total. The maximum absolute atomic E-state index is 12.6. The minimum Gasteiger partial charge on any atom is -0.388 e. The fourth-order valence-electron chi connectivity index (χ4n) is 4.46. The van der Waals surface area contributed by atoms with Gasteiger partial charge in [-0.1, -0.05) is 0 Å². The normalized spacial score (nSPS) is 26.8. The van der Waals surface area contributed by atoms with Gasteiger partial charge < -0.3 is 10.4 Å². The van der Waals surface area contributed by atoms with Crippen molar-refractivity contribution in [3.63, 3.8) is 0 Å². The minimum absolute atomic E-state index is 0.0592. The Bertz CT molecular complexity index is 1070. The Hall–Kier alpha value is -2.04. The van der Waals surface area contributed by atoms with Gasteiger partial charge >= 0.3 is 0 Å². The summed E-state index contributed by atoms with van der Waals surface area (Å²) < 4.78 is 26.4. The largest absolute Gasteiger partial charge is 0.388 e. The van der Waals surface area contributed by atoms with Crippen LogP contribution in [0.25, 0.3) is 11.0 Å². The summed E-state index contributed by atoms with van der Waals surface area (Å²) in [6, 6.07) is 2.93. The van der Waals surface area contributed by atoms with Crippen LogP contribution in [0.1, 0.15) is 45.1 Å². The number of aromatic nitrogens is 3. The second-order valence-electron chi connectivity index (χ2n) is 8.36.